The average Bonchev–Trinajstić information content (AvgIpc) is 2.39. The molecule has 0 aliphatic rings. The second-order valence-corrected chi connectivity index (χ2v) is 4.70. The molecule has 1 atom stereocenters. The molecule has 0 aliphatic carbocycles. The summed E-state index contributed by atoms with van der Waals surface area (Å²) in [5, 5.41) is 13.1. The Bertz CT molecular complexity index is 598. The highest BCUT2D eigenvalue weighted by atomic mass is 35.5. The molecule has 0 unspecified atom stereocenters. The van der Waals surface area contributed by atoms with E-state index in [1.54, 1.807) is 30.3 Å². The summed E-state index contributed by atoms with van der Waals surface area (Å²) >= 11 is 5.91. The summed E-state index contributed by atoms with van der Waals surface area (Å²) in [5.74, 6) is -0.344. The van der Waals surface area contributed by atoms with Crippen LogP contribution in [-0.4, -0.2) is 11.0 Å². The molecule has 0 spiro atoms. The van der Waals surface area contributed by atoms with Crippen molar-refractivity contribution < 1.29 is 9.90 Å². The fourth-order valence-corrected chi connectivity index (χ4v) is 2.00. The summed E-state index contributed by atoms with van der Waals surface area (Å²) in [6, 6.07) is 13.6. The number of hydrogen-bond acceptors (Lipinski definition) is 2. The first-order valence-corrected chi connectivity index (χ1v) is 6.30. The third kappa shape index (κ3) is 3.26. The van der Waals surface area contributed by atoms with Crippen LogP contribution in [0.1, 0.15) is 28.9 Å². The zero-order chi connectivity index (χ0) is 13.8. The van der Waals surface area contributed by atoms with Crippen molar-refractivity contribution in [1.29, 1.82) is 0 Å². The molecule has 0 saturated carbocycles. The standard InChI is InChI=1S/C15H14ClNO2/c1-10(11-5-4-6-12(16)9-11)17-15(19)13-7-2-3-8-14(13)18/h2-10,18H,1H3,(H,17,19)/t10-/m0/s1. The molecular weight excluding hydrogens is 262 g/mol. The number of hydrogen-bond donors (Lipinski definition) is 2. The van der Waals surface area contributed by atoms with E-state index in [1.165, 1.54) is 6.07 Å². The highest BCUT2D eigenvalue weighted by Crippen LogP contribution is 2.20. The van der Waals surface area contributed by atoms with Gasteiger partial charge in [-0.25, -0.2) is 0 Å². The SMILES string of the molecule is C[C@H](NC(=O)c1ccccc1O)c1cccc(Cl)c1. The molecule has 2 aromatic carbocycles. The number of phenols is 1. The fourth-order valence-electron chi connectivity index (χ4n) is 1.80. The van der Waals surface area contributed by atoms with Crippen molar-refractivity contribution in [1.82, 2.24) is 5.32 Å². The Morgan fingerprint density at radius 3 is 2.63 bits per heavy atom. The smallest absolute Gasteiger partial charge is 0.255 e. The maximum atomic E-state index is 12.0. The van der Waals surface area contributed by atoms with Crippen molar-refractivity contribution in [2.24, 2.45) is 0 Å². The molecule has 98 valence electrons. The van der Waals surface area contributed by atoms with Crippen LogP contribution in [0, 0.1) is 0 Å². The summed E-state index contributed by atoms with van der Waals surface area (Å²) < 4.78 is 0. The highest BCUT2D eigenvalue weighted by Gasteiger charge is 2.14. The first-order valence-electron chi connectivity index (χ1n) is 5.92. The van der Waals surface area contributed by atoms with Gasteiger partial charge in [0, 0.05) is 5.02 Å². The van der Waals surface area contributed by atoms with E-state index in [4.69, 9.17) is 11.6 Å². The van der Waals surface area contributed by atoms with Crippen LogP contribution in [0.2, 0.25) is 5.02 Å². The Morgan fingerprint density at radius 1 is 1.21 bits per heavy atom. The van der Waals surface area contributed by atoms with Crippen LogP contribution in [0.15, 0.2) is 48.5 Å². The van der Waals surface area contributed by atoms with Gasteiger partial charge in [-0.3, -0.25) is 4.79 Å². The van der Waals surface area contributed by atoms with Gasteiger partial charge in [0.25, 0.3) is 5.91 Å². The largest absolute Gasteiger partial charge is 0.507 e. The molecule has 0 heterocycles. The first-order chi connectivity index (χ1) is 9.08. The van der Waals surface area contributed by atoms with E-state index in [9.17, 15) is 9.90 Å². The Morgan fingerprint density at radius 2 is 1.95 bits per heavy atom. The Hall–Kier alpha value is -2.00. The van der Waals surface area contributed by atoms with E-state index in [0.29, 0.717) is 5.02 Å². The summed E-state index contributed by atoms with van der Waals surface area (Å²) in [5.41, 5.74) is 1.17. The van der Waals surface area contributed by atoms with Crippen LogP contribution < -0.4 is 5.32 Å². The van der Waals surface area contributed by atoms with Gasteiger partial charge in [-0.2, -0.15) is 0 Å². The van der Waals surface area contributed by atoms with Crippen LogP contribution in [0.5, 0.6) is 5.75 Å². The molecule has 0 fully saturated rings. The van der Waals surface area contributed by atoms with Crippen molar-refractivity contribution in [3.05, 3.63) is 64.7 Å². The quantitative estimate of drug-likeness (QED) is 0.900. The molecule has 19 heavy (non-hydrogen) atoms. The maximum absolute atomic E-state index is 12.0. The van der Waals surface area contributed by atoms with Crippen molar-refractivity contribution in [3.8, 4) is 5.75 Å². The van der Waals surface area contributed by atoms with Crippen molar-refractivity contribution in [2.45, 2.75) is 13.0 Å². The van der Waals surface area contributed by atoms with Crippen LogP contribution >= 0.6 is 11.6 Å². The molecule has 2 aromatic rings. The molecular formula is C15H14ClNO2. The van der Waals surface area contributed by atoms with Gasteiger partial charge in [0.1, 0.15) is 5.75 Å². The topological polar surface area (TPSA) is 49.3 Å². The van der Waals surface area contributed by atoms with Gasteiger partial charge in [-0.1, -0.05) is 35.9 Å². The van der Waals surface area contributed by atoms with Gasteiger partial charge < -0.3 is 10.4 Å². The molecule has 0 bridgehead atoms. The second kappa shape index (κ2) is 5.76. The minimum Gasteiger partial charge on any atom is -0.507 e. The third-order valence-corrected chi connectivity index (χ3v) is 3.08. The predicted octanol–water partition coefficient (Wildman–Crippen LogP) is 3.54. The lowest BCUT2D eigenvalue weighted by atomic mass is 10.1. The molecule has 2 rings (SSSR count). The number of halogens is 1. The van der Waals surface area contributed by atoms with Crippen LogP contribution in [-0.2, 0) is 0 Å². The van der Waals surface area contributed by atoms with Crippen LogP contribution in [0.3, 0.4) is 0 Å². The number of amides is 1. The van der Waals surface area contributed by atoms with Crippen molar-refractivity contribution in [2.75, 3.05) is 0 Å². The molecule has 4 heteroatoms. The molecule has 0 aliphatic heterocycles. The summed E-state index contributed by atoms with van der Waals surface area (Å²) in [6.45, 7) is 1.86. The van der Waals surface area contributed by atoms with Crippen molar-refractivity contribution >= 4 is 17.5 Å². The number of phenolic OH excluding ortho intramolecular Hbond substituents is 1. The average molecular weight is 276 g/mol. The molecule has 0 aromatic heterocycles. The van der Waals surface area contributed by atoms with Gasteiger partial charge in [0.15, 0.2) is 0 Å². The van der Waals surface area contributed by atoms with E-state index >= 15 is 0 Å². The van der Waals surface area contributed by atoms with Crippen molar-refractivity contribution in [3.63, 3.8) is 0 Å². The highest BCUT2D eigenvalue weighted by molar-refractivity contribution is 6.30. The molecule has 2 N–H and O–H groups in total. The Labute approximate surface area is 116 Å². The summed E-state index contributed by atoms with van der Waals surface area (Å²) in [4.78, 5) is 12.0. The van der Waals surface area contributed by atoms with Gasteiger partial charge >= 0.3 is 0 Å². The van der Waals surface area contributed by atoms with E-state index in [0.717, 1.165) is 5.56 Å². The predicted molar refractivity (Wildman–Crippen MR) is 75.4 cm³/mol. The number of rotatable bonds is 3. The lowest BCUT2D eigenvalue weighted by Crippen LogP contribution is -2.26. The molecule has 1 amide bonds. The van der Waals surface area contributed by atoms with Gasteiger partial charge in [-0.15, -0.1) is 0 Å². The fraction of sp³-hybridized carbons (Fsp3) is 0.133. The van der Waals surface area contributed by atoms with Crippen LogP contribution in [0.4, 0.5) is 0 Å². The normalized spacial score (nSPS) is 11.9. The molecule has 0 saturated heterocycles. The monoisotopic (exact) mass is 275 g/mol. The summed E-state index contributed by atoms with van der Waals surface area (Å²) in [6.07, 6.45) is 0. The van der Waals surface area contributed by atoms with E-state index < -0.39 is 0 Å². The number of aromatic hydroxyl groups is 1. The third-order valence-electron chi connectivity index (χ3n) is 2.84. The first kappa shape index (κ1) is 13.4. The number of benzene rings is 2. The Balaban J connectivity index is 2.13. The second-order valence-electron chi connectivity index (χ2n) is 4.27. The summed E-state index contributed by atoms with van der Waals surface area (Å²) in [7, 11) is 0. The van der Waals surface area contributed by atoms with Crippen LogP contribution in [0.25, 0.3) is 0 Å². The minimum atomic E-state index is -0.314. The Kier molecular flexibility index (Phi) is 4.07. The van der Waals surface area contributed by atoms with E-state index in [2.05, 4.69) is 5.32 Å². The number of para-hydroxylation sites is 1. The lowest BCUT2D eigenvalue weighted by molar-refractivity contribution is 0.0937. The number of nitrogens with one attached hydrogen (secondary N) is 1. The van der Waals surface area contributed by atoms with Gasteiger partial charge in [0.2, 0.25) is 0 Å². The molecule has 3 nitrogen and oxygen atoms in total. The zero-order valence-electron chi connectivity index (χ0n) is 10.4. The molecule has 0 radical (unpaired) electrons. The van der Waals surface area contributed by atoms with E-state index in [1.807, 2.05) is 19.1 Å². The lowest BCUT2D eigenvalue weighted by Gasteiger charge is -2.15. The minimum absolute atomic E-state index is 0.0294. The van der Waals surface area contributed by atoms with Gasteiger partial charge in [-0.05, 0) is 36.8 Å². The zero-order valence-corrected chi connectivity index (χ0v) is 11.2. The maximum Gasteiger partial charge on any atom is 0.255 e. The van der Waals surface area contributed by atoms with Gasteiger partial charge in [0.05, 0.1) is 11.6 Å². The van der Waals surface area contributed by atoms with E-state index in [-0.39, 0.29) is 23.3 Å². The number of carbonyl (C=O) groups excluding carboxylic acids is 1. The number of carbonyl (C=O) groups is 1.